The summed E-state index contributed by atoms with van der Waals surface area (Å²) in [6, 6.07) is 6.97. The third-order valence-electron chi connectivity index (χ3n) is 3.10. The Morgan fingerprint density at radius 2 is 1.94 bits per heavy atom. The van der Waals surface area contributed by atoms with E-state index < -0.39 is 6.10 Å². The van der Waals surface area contributed by atoms with Crippen molar-refractivity contribution in [3.8, 4) is 0 Å². The first-order valence-corrected chi connectivity index (χ1v) is 6.41. The summed E-state index contributed by atoms with van der Waals surface area (Å²) in [6.07, 6.45) is 4.92. The maximum atomic E-state index is 11.8. The minimum absolute atomic E-state index is 0.00742. The number of amides is 1. The van der Waals surface area contributed by atoms with E-state index in [1.54, 1.807) is 24.3 Å². The molecule has 0 saturated carbocycles. The highest BCUT2D eigenvalue weighted by atomic mass is 35.5. The zero-order chi connectivity index (χ0) is 13.0. The summed E-state index contributed by atoms with van der Waals surface area (Å²) in [4.78, 5) is 11.8. The van der Waals surface area contributed by atoms with Gasteiger partial charge in [0.1, 0.15) is 0 Å². The van der Waals surface area contributed by atoms with Crippen LogP contribution in [-0.2, 0) is 4.79 Å². The first kappa shape index (κ1) is 13.1. The predicted octanol–water partition coefficient (Wildman–Crippen LogP) is 2.46. The second-order valence-corrected chi connectivity index (χ2v) is 4.89. The number of halogens is 1. The van der Waals surface area contributed by atoms with Crippen LogP contribution in [0.5, 0.6) is 0 Å². The molecule has 0 aromatic heterocycles. The normalized spacial score (nSPS) is 16.8. The number of aliphatic hydroxyl groups excluding tert-OH is 1. The number of rotatable bonds is 4. The molecule has 0 spiro atoms. The Morgan fingerprint density at radius 3 is 2.56 bits per heavy atom. The molecule has 0 aliphatic heterocycles. The van der Waals surface area contributed by atoms with E-state index in [-0.39, 0.29) is 18.4 Å². The Labute approximate surface area is 111 Å². The molecule has 1 aliphatic carbocycles. The summed E-state index contributed by atoms with van der Waals surface area (Å²) in [7, 11) is 0. The van der Waals surface area contributed by atoms with Crippen molar-refractivity contribution in [2.75, 3.05) is 6.54 Å². The standard InChI is InChI=1S/C14H16ClNO2/c15-12-7-5-10(6-8-12)13(17)9-16-14(18)11-3-1-2-4-11/h1-2,5-8,11,13,17H,3-4,9H2,(H,16,18). The number of aliphatic hydroxyl groups is 1. The van der Waals surface area contributed by atoms with E-state index in [4.69, 9.17) is 11.6 Å². The lowest BCUT2D eigenvalue weighted by atomic mass is 10.1. The van der Waals surface area contributed by atoms with Crippen LogP contribution in [0.25, 0.3) is 0 Å². The fraction of sp³-hybridized carbons (Fsp3) is 0.357. The van der Waals surface area contributed by atoms with Crippen molar-refractivity contribution < 1.29 is 9.90 Å². The molecule has 1 aliphatic rings. The molecule has 3 nitrogen and oxygen atoms in total. The van der Waals surface area contributed by atoms with Crippen LogP contribution in [0.3, 0.4) is 0 Å². The molecule has 2 rings (SSSR count). The highest BCUT2D eigenvalue weighted by Gasteiger charge is 2.19. The van der Waals surface area contributed by atoms with Gasteiger partial charge in [0, 0.05) is 17.5 Å². The molecule has 0 bridgehead atoms. The second-order valence-electron chi connectivity index (χ2n) is 4.45. The summed E-state index contributed by atoms with van der Waals surface area (Å²) in [5.41, 5.74) is 0.754. The van der Waals surface area contributed by atoms with Crippen molar-refractivity contribution in [3.63, 3.8) is 0 Å². The van der Waals surface area contributed by atoms with Gasteiger partial charge in [0.2, 0.25) is 5.91 Å². The molecular weight excluding hydrogens is 250 g/mol. The first-order valence-electron chi connectivity index (χ1n) is 6.03. The van der Waals surface area contributed by atoms with Crippen molar-refractivity contribution in [1.82, 2.24) is 5.32 Å². The fourth-order valence-electron chi connectivity index (χ4n) is 1.98. The van der Waals surface area contributed by atoms with Gasteiger partial charge in [-0.2, -0.15) is 0 Å². The van der Waals surface area contributed by atoms with Crippen LogP contribution in [0.2, 0.25) is 5.02 Å². The summed E-state index contributed by atoms with van der Waals surface area (Å²) in [6.45, 7) is 0.233. The van der Waals surface area contributed by atoms with Crippen molar-refractivity contribution in [3.05, 3.63) is 47.0 Å². The third kappa shape index (κ3) is 3.34. The first-order chi connectivity index (χ1) is 8.66. The van der Waals surface area contributed by atoms with Gasteiger partial charge in [-0.05, 0) is 30.5 Å². The molecule has 1 aromatic carbocycles. The average molecular weight is 266 g/mol. The lowest BCUT2D eigenvalue weighted by Crippen LogP contribution is -2.32. The van der Waals surface area contributed by atoms with E-state index in [0.29, 0.717) is 5.02 Å². The highest BCUT2D eigenvalue weighted by Crippen LogP contribution is 2.19. The number of benzene rings is 1. The Balaban J connectivity index is 1.82. The smallest absolute Gasteiger partial charge is 0.223 e. The van der Waals surface area contributed by atoms with Crippen LogP contribution in [0.1, 0.15) is 24.5 Å². The molecule has 4 heteroatoms. The molecule has 2 N–H and O–H groups in total. The SMILES string of the molecule is O=C(NCC(O)c1ccc(Cl)cc1)C1CC=CC1. The molecule has 0 saturated heterocycles. The van der Waals surface area contributed by atoms with Gasteiger partial charge in [-0.25, -0.2) is 0 Å². The van der Waals surface area contributed by atoms with Crippen molar-refractivity contribution in [2.45, 2.75) is 18.9 Å². The molecule has 1 aromatic rings. The van der Waals surface area contributed by atoms with Gasteiger partial charge < -0.3 is 10.4 Å². The fourth-order valence-corrected chi connectivity index (χ4v) is 2.10. The molecule has 18 heavy (non-hydrogen) atoms. The van der Waals surface area contributed by atoms with Gasteiger partial charge in [-0.15, -0.1) is 0 Å². The van der Waals surface area contributed by atoms with Gasteiger partial charge in [0.05, 0.1) is 6.10 Å². The summed E-state index contributed by atoms with van der Waals surface area (Å²) >= 11 is 5.77. The second kappa shape index (κ2) is 6.03. The number of nitrogens with one attached hydrogen (secondary N) is 1. The van der Waals surface area contributed by atoms with Gasteiger partial charge in [-0.3, -0.25) is 4.79 Å². The minimum atomic E-state index is -0.694. The Hall–Kier alpha value is -1.32. The topological polar surface area (TPSA) is 49.3 Å². The molecule has 1 atom stereocenters. The third-order valence-corrected chi connectivity index (χ3v) is 3.36. The quantitative estimate of drug-likeness (QED) is 0.822. The van der Waals surface area contributed by atoms with Crippen LogP contribution < -0.4 is 5.32 Å². The van der Waals surface area contributed by atoms with Crippen LogP contribution in [-0.4, -0.2) is 17.6 Å². The van der Waals surface area contributed by atoms with E-state index in [1.807, 2.05) is 12.2 Å². The van der Waals surface area contributed by atoms with Crippen LogP contribution in [0.15, 0.2) is 36.4 Å². The largest absolute Gasteiger partial charge is 0.387 e. The number of hydrogen-bond donors (Lipinski definition) is 2. The minimum Gasteiger partial charge on any atom is -0.387 e. The van der Waals surface area contributed by atoms with E-state index in [9.17, 15) is 9.90 Å². The maximum absolute atomic E-state index is 11.8. The lowest BCUT2D eigenvalue weighted by Gasteiger charge is -2.14. The van der Waals surface area contributed by atoms with Crippen molar-refractivity contribution in [1.29, 1.82) is 0 Å². The van der Waals surface area contributed by atoms with E-state index in [0.717, 1.165) is 18.4 Å². The number of carbonyl (C=O) groups excluding carboxylic acids is 1. The summed E-state index contributed by atoms with van der Waals surface area (Å²) in [5, 5.41) is 13.3. The predicted molar refractivity (Wildman–Crippen MR) is 71.3 cm³/mol. The Kier molecular flexibility index (Phi) is 4.39. The summed E-state index contributed by atoms with van der Waals surface area (Å²) < 4.78 is 0. The highest BCUT2D eigenvalue weighted by molar-refractivity contribution is 6.30. The Morgan fingerprint density at radius 1 is 1.33 bits per heavy atom. The van der Waals surface area contributed by atoms with Crippen molar-refractivity contribution in [2.24, 2.45) is 5.92 Å². The molecule has 1 unspecified atom stereocenters. The molecule has 96 valence electrons. The van der Waals surface area contributed by atoms with Gasteiger partial charge in [-0.1, -0.05) is 35.9 Å². The van der Waals surface area contributed by atoms with Crippen LogP contribution in [0.4, 0.5) is 0 Å². The van der Waals surface area contributed by atoms with Crippen molar-refractivity contribution >= 4 is 17.5 Å². The van der Waals surface area contributed by atoms with Gasteiger partial charge in [0.15, 0.2) is 0 Å². The van der Waals surface area contributed by atoms with E-state index in [2.05, 4.69) is 5.32 Å². The van der Waals surface area contributed by atoms with Gasteiger partial charge in [0.25, 0.3) is 0 Å². The van der Waals surface area contributed by atoms with Gasteiger partial charge >= 0.3 is 0 Å². The Bertz CT molecular complexity index is 434. The molecule has 1 amide bonds. The molecule has 0 radical (unpaired) electrons. The summed E-state index contributed by atoms with van der Waals surface area (Å²) in [5.74, 6) is 0.0374. The molecule has 0 heterocycles. The molecule has 0 fully saturated rings. The van der Waals surface area contributed by atoms with E-state index >= 15 is 0 Å². The number of carbonyl (C=O) groups is 1. The average Bonchev–Trinajstić information content (AvgIpc) is 2.90. The lowest BCUT2D eigenvalue weighted by molar-refractivity contribution is -0.125. The molecular formula is C14H16ClNO2. The number of allylic oxidation sites excluding steroid dienone is 2. The number of hydrogen-bond acceptors (Lipinski definition) is 2. The van der Waals surface area contributed by atoms with E-state index in [1.165, 1.54) is 0 Å². The zero-order valence-electron chi connectivity index (χ0n) is 9.97. The monoisotopic (exact) mass is 265 g/mol. The van der Waals surface area contributed by atoms with Crippen LogP contribution in [0, 0.1) is 5.92 Å². The zero-order valence-corrected chi connectivity index (χ0v) is 10.7. The van der Waals surface area contributed by atoms with Crippen LogP contribution >= 0.6 is 11.6 Å². The maximum Gasteiger partial charge on any atom is 0.223 e.